The van der Waals surface area contributed by atoms with Crippen LogP contribution in [0.15, 0.2) is 53.7 Å². The molecule has 2 atom stereocenters. The number of carbonyl (C=O) groups excluding carboxylic acids is 2. The maximum Gasteiger partial charge on any atom is 0.273 e. The molecule has 5 rings (SSSR count). The van der Waals surface area contributed by atoms with Gasteiger partial charge in [0.05, 0.1) is 5.39 Å². The molecule has 4 heterocycles. The maximum absolute atomic E-state index is 15.2. The molecule has 0 aliphatic carbocycles. The molecule has 1 aliphatic rings. The molecule has 3 aromatic heterocycles. The highest BCUT2D eigenvalue weighted by Gasteiger charge is 2.31. The Kier molecular flexibility index (Phi) is 7.40. The Balaban J connectivity index is 1.36. The third-order valence-corrected chi connectivity index (χ3v) is 7.17. The molecule has 1 aromatic carbocycles. The molecule has 0 saturated carbocycles. The van der Waals surface area contributed by atoms with E-state index in [4.69, 9.17) is 4.52 Å². The number of hydrogen-bond donors (Lipinski definition) is 3. The highest BCUT2D eigenvalue weighted by molar-refractivity contribution is 6.00. The van der Waals surface area contributed by atoms with E-state index in [0.29, 0.717) is 41.3 Å². The first kappa shape index (κ1) is 26.1. The molecule has 0 unspecified atom stereocenters. The Morgan fingerprint density at radius 2 is 2.15 bits per heavy atom. The molecule has 1 aliphatic heterocycles. The van der Waals surface area contributed by atoms with Gasteiger partial charge in [-0.1, -0.05) is 30.8 Å². The van der Waals surface area contributed by atoms with Crippen molar-refractivity contribution in [2.24, 2.45) is 0 Å². The number of halogens is 1. The molecule has 0 spiro atoms. The Bertz CT molecular complexity index is 1530. The summed E-state index contributed by atoms with van der Waals surface area (Å²) in [5.74, 6) is 0.213. The number of H-pyrrole nitrogens is 1. The number of nitrogens with zero attached hydrogens (tertiary/aromatic N) is 4. The van der Waals surface area contributed by atoms with E-state index in [-0.39, 0.29) is 30.2 Å². The Hall–Kier alpha value is -4.54. The lowest BCUT2D eigenvalue weighted by Gasteiger charge is -2.39. The van der Waals surface area contributed by atoms with E-state index in [1.165, 1.54) is 12.1 Å². The molecule has 0 bridgehead atoms. The van der Waals surface area contributed by atoms with Gasteiger partial charge in [-0.25, -0.2) is 9.37 Å². The van der Waals surface area contributed by atoms with Gasteiger partial charge in [-0.2, -0.15) is 5.10 Å². The topological polar surface area (TPSA) is 129 Å². The SMILES string of the molecule is C=CC(=O)N1CCC[C@@H](Nc2n[nH]c3nccc(-c4ccc(CNC(=O)c5cc(CC)on5)c(F)c4)c23)[C@H]1C. The van der Waals surface area contributed by atoms with Crippen molar-refractivity contribution in [3.8, 4) is 11.1 Å². The fraction of sp³-hybridized carbons (Fsp3) is 0.321. The van der Waals surface area contributed by atoms with E-state index < -0.39 is 11.7 Å². The van der Waals surface area contributed by atoms with Crippen molar-refractivity contribution in [1.82, 2.24) is 30.6 Å². The summed E-state index contributed by atoms with van der Waals surface area (Å²) in [4.78, 5) is 30.8. The van der Waals surface area contributed by atoms with Crippen LogP contribution in [0.3, 0.4) is 0 Å². The number of piperidine rings is 1. The van der Waals surface area contributed by atoms with Gasteiger partial charge >= 0.3 is 0 Å². The summed E-state index contributed by atoms with van der Waals surface area (Å²) in [7, 11) is 0. The molecular formula is C28H30FN7O3. The molecule has 39 heavy (non-hydrogen) atoms. The Labute approximate surface area is 224 Å². The van der Waals surface area contributed by atoms with Gasteiger partial charge in [0.15, 0.2) is 17.2 Å². The zero-order valence-electron chi connectivity index (χ0n) is 21.8. The fourth-order valence-electron chi connectivity index (χ4n) is 4.95. The van der Waals surface area contributed by atoms with Crippen LogP contribution in [0, 0.1) is 5.82 Å². The molecule has 4 aromatic rings. The van der Waals surface area contributed by atoms with Crippen LogP contribution < -0.4 is 10.6 Å². The number of rotatable bonds is 8. The van der Waals surface area contributed by atoms with Crippen molar-refractivity contribution in [3.05, 3.63) is 72.0 Å². The van der Waals surface area contributed by atoms with Crippen LogP contribution in [0.25, 0.3) is 22.2 Å². The number of benzene rings is 1. The van der Waals surface area contributed by atoms with Crippen LogP contribution in [0.2, 0.25) is 0 Å². The lowest BCUT2D eigenvalue weighted by molar-refractivity contribution is -0.129. The molecule has 10 nitrogen and oxygen atoms in total. The minimum absolute atomic E-state index is 0.00301. The third-order valence-electron chi connectivity index (χ3n) is 7.17. The van der Waals surface area contributed by atoms with Gasteiger partial charge in [0.1, 0.15) is 11.6 Å². The van der Waals surface area contributed by atoms with Crippen molar-refractivity contribution in [1.29, 1.82) is 0 Å². The molecule has 3 N–H and O–H groups in total. The van der Waals surface area contributed by atoms with Gasteiger partial charge in [-0.3, -0.25) is 14.7 Å². The maximum atomic E-state index is 15.2. The standard InChI is InChI=1S/C28H30FN7O3/c1-4-19-14-23(35-39-19)28(38)31-15-18-9-8-17(13-21(18)29)20-10-11-30-26-25(20)27(34-33-26)32-22-7-6-12-36(16(22)3)24(37)5-2/h5,8-11,13-14,16,22H,2,4,6-7,12,15H2,1,3H3,(H,31,38)(H2,30,32,33,34)/t16-,22-/m1/s1. The minimum Gasteiger partial charge on any atom is -0.363 e. The summed E-state index contributed by atoms with van der Waals surface area (Å²) in [5, 5.41) is 18.0. The van der Waals surface area contributed by atoms with Gasteiger partial charge in [-0.05, 0) is 49.1 Å². The number of fused-ring (bicyclic) bond motifs is 1. The Morgan fingerprint density at radius 3 is 2.90 bits per heavy atom. The first-order valence-corrected chi connectivity index (χ1v) is 12.9. The molecular weight excluding hydrogens is 501 g/mol. The lowest BCUT2D eigenvalue weighted by atomic mass is 9.96. The summed E-state index contributed by atoms with van der Waals surface area (Å²) in [5.41, 5.74) is 2.46. The molecule has 11 heteroatoms. The minimum atomic E-state index is -0.454. The largest absolute Gasteiger partial charge is 0.363 e. The van der Waals surface area contributed by atoms with E-state index in [1.54, 1.807) is 29.3 Å². The van der Waals surface area contributed by atoms with E-state index >= 15 is 4.39 Å². The number of anilines is 1. The van der Waals surface area contributed by atoms with Crippen LogP contribution in [-0.2, 0) is 17.8 Å². The first-order valence-electron chi connectivity index (χ1n) is 12.9. The van der Waals surface area contributed by atoms with Crippen molar-refractivity contribution < 1.29 is 18.5 Å². The monoisotopic (exact) mass is 531 g/mol. The second-order valence-corrected chi connectivity index (χ2v) is 9.54. The van der Waals surface area contributed by atoms with Crippen LogP contribution in [0.1, 0.15) is 48.5 Å². The number of carbonyl (C=O) groups is 2. The van der Waals surface area contributed by atoms with Gasteiger partial charge in [0.25, 0.3) is 5.91 Å². The summed E-state index contributed by atoms with van der Waals surface area (Å²) in [6.07, 6.45) is 5.33. The normalized spacial score (nSPS) is 17.3. The van der Waals surface area contributed by atoms with Crippen molar-refractivity contribution in [2.75, 3.05) is 11.9 Å². The number of pyridine rings is 1. The number of aromatic amines is 1. The lowest BCUT2D eigenvalue weighted by Crippen LogP contribution is -2.51. The molecule has 2 amide bonds. The fourth-order valence-corrected chi connectivity index (χ4v) is 4.95. The smallest absolute Gasteiger partial charge is 0.273 e. The predicted molar refractivity (Wildman–Crippen MR) is 144 cm³/mol. The first-order chi connectivity index (χ1) is 18.9. The van der Waals surface area contributed by atoms with E-state index in [0.717, 1.165) is 23.8 Å². The number of amides is 2. The Morgan fingerprint density at radius 1 is 1.31 bits per heavy atom. The average Bonchev–Trinajstić information content (AvgIpc) is 3.60. The van der Waals surface area contributed by atoms with E-state index in [1.807, 2.05) is 19.9 Å². The summed E-state index contributed by atoms with van der Waals surface area (Å²) in [6, 6.07) is 8.18. The van der Waals surface area contributed by atoms with Crippen LogP contribution in [0.5, 0.6) is 0 Å². The predicted octanol–water partition coefficient (Wildman–Crippen LogP) is 4.22. The van der Waals surface area contributed by atoms with Crippen LogP contribution in [0.4, 0.5) is 10.2 Å². The van der Waals surface area contributed by atoms with Gasteiger partial charge in [0.2, 0.25) is 5.91 Å². The van der Waals surface area contributed by atoms with Gasteiger partial charge < -0.3 is 20.1 Å². The summed E-state index contributed by atoms with van der Waals surface area (Å²) >= 11 is 0. The number of aromatic nitrogens is 4. The van der Waals surface area contributed by atoms with E-state index in [9.17, 15) is 9.59 Å². The summed E-state index contributed by atoms with van der Waals surface area (Å²) in [6.45, 7) is 8.20. The molecule has 1 fully saturated rings. The molecule has 0 radical (unpaired) electrons. The van der Waals surface area contributed by atoms with Crippen molar-refractivity contribution >= 4 is 28.7 Å². The molecule has 1 saturated heterocycles. The van der Waals surface area contributed by atoms with E-state index in [2.05, 4.69) is 37.6 Å². The van der Waals surface area contributed by atoms with Crippen LogP contribution >= 0.6 is 0 Å². The number of hydrogen-bond acceptors (Lipinski definition) is 7. The summed E-state index contributed by atoms with van der Waals surface area (Å²) < 4.78 is 20.2. The number of nitrogens with one attached hydrogen (secondary N) is 3. The van der Waals surface area contributed by atoms with Gasteiger partial charge in [-0.15, -0.1) is 0 Å². The van der Waals surface area contributed by atoms with Gasteiger partial charge in [0, 0.05) is 49.4 Å². The molecule has 202 valence electrons. The third kappa shape index (κ3) is 5.25. The van der Waals surface area contributed by atoms with Crippen molar-refractivity contribution in [2.45, 2.75) is 51.7 Å². The van der Waals surface area contributed by atoms with Crippen LogP contribution in [-0.4, -0.2) is 55.7 Å². The zero-order chi connectivity index (χ0) is 27.5. The zero-order valence-corrected chi connectivity index (χ0v) is 21.8. The number of likely N-dealkylation sites (tertiary alicyclic amines) is 1. The average molecular weight is 532 g/mol. The number of aryl methyl sites for hydroxylation is 1. The quantitative estimate of drug-likeness (QED) is 0.290. The second-order valence-electron chi connectivity index (χ2n) is 9.54. The second kappa shape index (κ2) is 11.1. The highest BCUT2D eigenvalue weighted by atomic mass is 19.1. The highest BCUT2D eigenvalue weighted by Crippen LogP contribution is 2.34. The van der Waals surface area contributed by atoms with Crippen molar-refractivity contribution in [3.63, 3.8) is 0 Å².